The third-order valence-corrected chi connectivity index (χ3v) is 2.08. The van der Waals surface area contributed by atoms with Crippen molar-refractivity contribution in [2.24, 2.45) is 5.73 Å². The smallest absolute Gasteiger partial charge is 0.252 e. The van der Waals surface area contributed by atoms with Crippen LogP contribution in [-0.4, -0.2) is 31.2 Å². The fourth-order valence-electron chi connectivity index (χ4n) is 1.32. The Labute approximate surface area is 86.8 Å². The highest BCUT2D eigenvalue weighted by Crippen LogP contribution is 2.11. The van der Waals surface area contributed by atoms with Gasteiger partial charge in [0.1, 0.15) is 6.10 Å². The molecule has 2 heterocycles. The van der Waals surface area contributed by atoms with Gasteiger partial charge in [-0.1, -0.05) is 0 Å². The van der Waals surface area contributed by atoms with E-state index in [1.807, 2.05) is 13.1 Å². The van der Waals surface area contributed by atoms with Crippen LogP contribution in [0.4, 0.5) is 0 Å². The lowest BCUT2D eigenvalue weighted by Gasteiger charge is -2.01. The van der Waals surface area contributed by atoms with E-state index in [1.54, 1.807) is 10.7 Å². The Hall–Kier alpha value is -1.53. The van der Waals surface area contributed by atoms with Crippen LogP contribution in [-0.2, 0) is 0 Å². The van der Waals surface area contributed by atoms with E-state index in [1.165, 1.54) is 0 Å². The van der Waals surface area contributed by atoms with Crippen LogP contribution in [0.1, 0.15) is 23.9 Å². The van der Waals surface area contributed by atoms with Gasteiger partial charge in [0, 0.05) is 12.4 Å². The van der Waals surface area contributed by atoms with E-state index >= 15 is 0 Å². The number of fused-ring (bicyclic) bond motifs is 1. The number of nitrogens with zero attached hydrogens (tertiary/aromatic N) is 4. The Morgan fingerprint density at radius 3 is 3.13 bits per heavy atom. The van der Waals surface area contributed by atoms with Crippen LogP contribution in [0.2, 0.25) is 0 Å². The SMILES string of the molecule is Cc1cnc2nc(C(O)CCN)nn2c1. The highest BCUT2D eigenvalue weighted by atomic mass is 16.3. The van der Waals surface area contributed by atoms with Crippen molar-refractivity contribution >= 4 is 5.78 Å². The van der Waals surface area contributed by atoms with Gasteiger partial charge in [0.15, 0.2) is 5.82 Å². The number of aliphatic hydroxyl groups is 1. The van der Waals surface area contributed by atoms with E-state index in [2.05, 4.69) is 15.1 Å². The number of hydrogen-bond donors (Lipinski definition) is 2. The summed E-state index contributed by atoms with van der Waals surface area (Å²) in [6.07, 6.45) is 3.27. The molecule has 6 heteroatoms. The maximum atomic E-state index is 9.64. The molecule has 2 aromatic rings. The van der Waals surface area contributed by atoms with Crippen molar-refractivity contribution in [3.8, 4) is 0 Å². The van der Waals surface area contributed by atoms with Crippen molar-refractivity contribution in [1.82, 2.24) is 19.6 Å². The normalized spacial score (nSPS) is 13.3. The number of aliphatic hydroxyl groups excluding tert-OH is 1. The molecule has 0 bridgehead atoms. The molecule has 1 atom stereocenters. The van der Waals surface area contributed by atoms with E-state index in [0.717, 1.165) is 5.56 Å². The van der Waals surface area contributed by atoms with Gasteiger partial charge in [-0.25, -0.2) is 9.50 Å². The molecule has 3 N–H and O–H groups in total. The van der Waals surface area contributed by atoms with Crippen LogP contribution >= 0.6 is 0 Å². The zero-order chi connectivity index (χ0) is 10.8. The summed E-state index contributed by atoms with van der Waals surface area (Å²) < 4.78 is 1.56. The molecule has 0 radical (unpaired) electrons. The molecular weight excluding hydrogens is 194 g/mol. The Kier molecular flexibility index (Phi) is 2.61. The van der Waals surface area contributed by atoms with Gasteiger partial charge >= 0.3 is 0 Å². The Morgan fingerprint density at radius 2 is 2.40 bits per heavy atom. The standard InChI is InChI=1S/C9H13N5O/c1-6-4-11-9-12-8(7(15)2-3-10)13-14(9)5-6/h4-5,7,15H,2-3,10H2,1H3. The third kappa shape index (κ3) is 1.95. The summed E-state index contributed by atoms with van der Waals surface area (Å²) >= 11 is 0. The Morgan fingerprint density at radius 1 is 1.60 bits per heavy atom. The van der Waals surface area contributed by atoms with Crippen LogP contribution in [0.15, 0.2) is 12.4 Å². The molecule has 80 valence electrons. The lowest BCUT2D eigenvalue weighted by atomic mass is 10.2. The largest absolute Gasteiger partial charge is 0.385 e. The van der Waals surface area contributed by atoms with Gasteiger partial charge in [-0.15, -0.1) is 5.10 Å². The summed E-state index contributed by atoms with van der Waals surface area (Å²) in [5.74, 6) is 0.866. The van der Waals surface area contributed by atoms with E-state index in [0.29, 0.717) is 24.6 Å². The molecule has 15 heavy (non-hydrogen) atoms. The van der Waals surface area contributed by atoms with Gasteiger partial charge in [-0.3, -0.25) is 0 Å². The molecule has 0 saturated carbocycles. The van der Waals surface area contributed by atoms with Crippen LogP contribution in [0.25, 0.3) is 5.78 Å². The van der Waals surface area contributed by atoms with Gasteiger partial charge in [0.2, 0.25) is 0 Å². The molecule has 0 aromatic carbocycles. The zero-order valence-corrected chi connectivity index (χ0v) is 8.46. The first kappa shape index (κ1) is 10.0. The minimum Gasteiger partial charge on any atom is -0.385 e. The average Bonchev–Trinajstić information content (AvgIpc) is 2.60. The number of hydrogen-bond acceptors (Lipinski definition) is 5. The maximum absolute atomic E-state index is 9.64. The number of rotatable bonds is 3. The fourth-order valence-corrected chi connectivity index (χ4v) is 1.32. The monoisotopic (exact) mass is 207 g/mol. The first-order valence-corrected chi connectivity index (χ1v) is 4.78. The first-order chi connectivity index (χ1) is 7.20. The van der Waals surface area contributed by atoms with Crippen molar-refractivity contribution in [3.05, 3.63) is 23.8 Å². The lowest BCUT2D eigenvalue weighted by molar-refractivity contribution is 0.160. The molecule has 0 spiro atoms. The third-order valence-electron chi connectivity index (χ3n) is 2.08. The summed E-state index contributed by atoms with van der Waals surface area (Å²) in [6, 6.07) is 0. The molecule has 0 amide bonds. The second-order valence-corrected chi connectivity index (χ2v) is 3.44. The topological polar surface area (TPSA) is 89.3 Å². The summed E-state index contributed by atoms with van der Waals surface area (Å²) in [7, 11) is 0. The zero-order valence-electron chi connectivity index (χ0n) is 8.46. The van der Waals surface area contributed by atoms with Crippen molar-refractivity contribution < 1.29 is 5.11 Å². The van der Waals surface area contributed by atoms with Crippen LogP contribution < -0.4 is 5.73 Å². The number of aromatic nitrogens is 4. The molecule has 2 aromatic heterocycles. The summed E-state index contributed by atoms with van der Waals surface area (Å²) in [4.78, 5) is 8.20. The highest BCUT2D eigenvalue weighted by Gasteiger charge is 2.13. The predicted octanol–water partition coefficient (Wildman–Crippen LogP) is -0.185. The van der Waals surface area contributed by atoms with Crippen LogP contribution in [0.3, 0.4) is 0 Å². The number of aryl methyl sites for hydroxylation is 1. The summed E-state index contributed by atoms with van der Waals surface area (Å²) in [5.41, 5.74) is 6.34. The fraction of sp³-hybridized carbons (Fsp3) is 0.444. The maximum Gasteiger partial charge on any atom is 0.252 e. The first-order valence-electron chi connectivity index (χ1n) is 4.78. The lowest BCUT2D eigenvalue weighted by Crippen LogP contribution is -2.08. The van der Waals surface area contributed by atoms with E-state index in [9.17, 15) is 5.11 Å². The average molecular weight is 207 g/mol. The summed E-state index contributed by atoms with van der Waals surface area (Å²) in [6.45, 7) is 2.33. The van der Waals surface area contributed by atoms with Gasteiger partial charge in [0.05, 0.1) is 0 Å². The van der Waals surface area contributed by atoms with Gasteiger partial charge in [0.25, 0.3) is 5.78 Å². The molecule has 0 aliphatic carbocycles. The van der Waals surface area contributed by atoms with E-state index in [-0.39, 0.29) is 0 Å². The number of nitrogens with two attached hydrogens (primary N) is 1. The molecule has 2 rings (SSSR count). The van der Waals surface area contributed by atoms with Crippen molar-refractivity contribution in [3.63, 3.8) is 0 Å². The molecule has 1 unspecified atom stereocenters. The summed E-state index contributed by atoms with van der Waals surface area (Å²) in [5, 5.41) is 13.8. The molecule has 0 saturated heterocycles. The molecular formula is C9H13N5O. The quantitative estimate of drug-likeness (QED) is 0.728. The minimum absolute atomic E-state index is 0.374. The van der Waals surface area contributed by atoms with Crippen molar-refractivity contribution in [2.45, 2.75) is 19.4 Å². The molecule has 0 aliphatic heterocycles. The second-order valence-electron chi connectivity index (χ2n) is 3.44. The minimum atomic E-state index is -0.711. The van der Waals surface area contributed by atoms with Crippen molar-refractivity contribution in [2.75, 3.05) is 6.54 Å². The molecule has 6 nitrogen and oxygen atoms in total. The van der Waals surface area contributed by atoms with Gasteiger partial charge < -0.3 is 10.8 Å². The molecule has 0 aliphatic rings. The van der Waals surface area contributed by atoms with Crippen LogP contribution in [0, 0.1) is 6.92 Å². The van der Waals surface area contributed by atoms with Gasteiger partial charge in [-0.05, 0) is 25.5 Å². The Balaban J connectivity index is 2.38. The molecule has 0 fully saturated rings. The van der Waals surface area contributed by atoms with E-state index < -0.39 is 6.10 Å². The highest BCUT2D eigenvalue weighted by molar-refractivity contribution is 5.27. The van der Waals surface area contributed by atoms with Crippen LogP contribution in [0.5, 0.6) is 0 Å². The Bertz CT molecular complexity index is 466. The van der Waals surface area contributed by atoms with Gasteiger partial charge in [-0.2, -0.15) is 4.98 Å². The van der Waals surface area contributed by atoms with E-state index in [4.69, 9.17) is 5.73 Å². The second kappa shape index (κ2) is 3.92. The predicted molar refractivity (Wildman–Crippen MR) is 54.2 cm³/mol. The van der Waals surface area contributed by atoms with Crippen molar-refractivity contribution in [1.29, 1.82) is 0 Å².